The van der Waals surface area contributed by atoms with Gasteiger partial charge in [0.05, 0.1) is 11.4 Å². The number of rotatable bonds is 2. The Morgan fingerprint density at radius 2 is 2.08 bits per heavy atom. The van der Waals surface area contributed by atoms with E-state index in [1.807, 2.05) is 13.8 Å². The first-order valence-electron chi connectivity index (χ1n) is 4.67. The maximum atomic E-state index is 4.42. The van der Waals surface area contributed by atoms with Crippen molar-refractivity contribution in [1.29, 1.82) is 0 Å². The largest absolute Gasteiger partial charge is 0.363 e. The van der Waals surface area contributed by atoms with E-state index in [2.05, 4.69) is 22.2 Å². The van der Waals surface area contributed by atoms with Crippen LogP contribution in [0.4, 0.5) is 5.82 Å². The summed E-state index contributed by atoms with van der Waals surface area (Å²) in [6, 6.07) is 0. The molecule has 1 aliphatic carbocycles. The fraction of sp³-hybridized carbons (Fsp3) is 0.600. The van der Waals surface area contributed by atoms with Crippen LogP contribution in [0.2, 0.25) is 0 Å². The highest BCUT2D eigenvalue weighted by atomic mass is 15.1. The van der Waals surface area contributed by atoms with Crippen molar-refractivity contribution in [3.05, 3.63) is 17.6 Å². The standard InChI is InChI=1S/C10H15N3/c1-7-6-11-8(2)9(12-7)13-10(3)4-5-10/h6H,4-5H2,1-3H3,(H,12,13). The Bertz CT molecular complexity index is 329. The van der Waals surface area contributed by atoms with Crippen molar-refractivity contribution in [2.24, 2.45) is 0 Å². The van der Waals surface area contributed by atoms with Crippen molar-refractivity contribution in [2.75, 3.05) is 5.32 Å². The predicted octanol–water partition coefficient (Wildman–Crippen LogP) is 2.06. The van der Waals surface area contributed by atoms with E-state index in [0.29, 0.717) is 0 Å². The summed E-state index contributed by atoms with van der Waals surface area (Å²) in [5.41, 5.74) is 2.24. The third-order valence-corrected chi connectivity index (χ3v) is 2.50. The van der Waals surface area contributed by atoms with Gasteiger partial charge in [0.25, 0.3) is 0 Å². The molecule has 0 saturated heterocycles. The highest BCUT2D eigenvalue weighted by Crippen LogP contribution is 2.37. The normalized spacial score (nSPS) is 18.4. The second-order valence-electron chi connectivity index (χ2n) is 4.13. The van der Waals surface area contributed by atoms with Crippen molar-refractivity contribution in [1.82, 2.24) is 9.97 Å². The summed E-state index contributed by atoms with van der Waals surface area (Å²) in [6.45, 7) is 6.17. The van der Waals surface area contributed by atoms with Gasteiger partial charge in [-0.05, 0) is 33.6 Å². The average Bonchev–Trinajstić information content (AvgIpc) is 2.76. The van der Waals surface area contributed by atoms with E-state index in [1.54, 1.807) is 6.20 Å². The number of nitrogens with one attached hydrogen (secondary N) is 1. The van der Waals surface area contributed by atoms with Gasteiger partial charge in [-0.2, -0.15) is 0 Å². The lowest BCUT2D eigenvalue weighted by atomic mass is 10.3. The molecule has 0 atom stereocenters. The molecule has 1 N–H and O–H groups in total. The summed E-state index contributed by atoms with van der Waals surface area (Å²) in [6.07, 6.45) is 4.28. The molecule has 1 saturated carbocycles. The Kier molecular flexibility index (Phi) is 1.75. The topological polar surface area (TPSA) is 37.8 Å². The van der Waals surface area contributed by atoms with E-state index in [1.165, 1.54) is 12.8 Å². The number of hydrogen-bond donors (Lipinski definition) is 1. The Hall–Kier alpha value is -1.12. The highest BCUT2D eigenvalue weighted by Gasteiger charge is 2.37. The van der Waals surface area contributed by atoms with Crippen molar-refractivity contribution in [3.63, 3.8) is 0 Å². The molecule has 0 unspecified atom stereocenters. The molecule has 0 amide bonds. The van der Waals surface area contributed by atoms with Crippen molar-refractivity contribution in [3.8, 4) is 0 Å². The fourth-order valence-electron chi connectivity index (χ4n) is 1.25. The van der Waals surface area contributed by atoms with Gasteiger partial charge in [0.15, 0.2) is 0 Å². The minimum atomic E-state index is 0.285. The van der Waals surface area contributed by atoms with Gasteiger partial charge >= 0.3 is 0 Å². The van der Waals surface area contributed by atoms with E-state index in [9.17, 15) is 0 Å². The SMILES string of the molecule is Cc1cnc(C)c(NC2(C)CC2)n1. The third-order valence-electron chi connectivity index (χ3n) is 2.50. The lowest BCUT2D eigenvalue weighted by Gasteiger charge is -2.13. The van der Waals surface area contributed by atoms with Crippen LogP contribution in [-0.4, -0.2) is 15.5 Å². The zero-order valence-corrected chi connectivity index (χ0v) is 8.39. The first-order valence-corrected chi connectivity index (χ1v) is 4.67. The summed E-state index contributed by atoms with van der Waals surface area (Å²) in [7, 11) is 0. The van der Waals surface area contributed by atoms with Crippen LogP contribution in [0.1, 0.15) is 31.2 Å². The lowest BCUT2D eigenvalue weighted by molar-refractivity contribution is 0.812. The number of hydrogen-bond acceptors (Lipinski definition) is 3. The lowest BCUT2D eigenvalue weighted by Crippen LogP contribution is -2.18. The maximum absolute atomic E-state index is 4.42. The molecule has 3 heteroatoms. The molecule has 0 radical (unpaired) electrons. The molecule has 2 rings (SSSR count). The first-order chi connectivity index (χ1) is 6.09. The summed E-state index contributed by atoms with van der Waals surface area (Å²) in [5.74, 6) is 0.944. The molecule has 1 fully saturated rings. The molecule has 0 aromatic carbocycles. The van der Waals surface area contributed by atoms with Gasteiger partial charge in [-0.3, -0.25) is 4.98 Å². The monoisotopic (exact) mass is 177 g/mol. The van der Waals surface area contributed by atoms with Crippen LogP contribution >= 0.6 is 0 Å². The van der Waals surface area contributed by atoms with Gasteiger partial charge in [0.2, 0.25) is 0 Å². The molecule has 70 valence electrons. The van der Waals surface area contributed by atoms with Gasteiger partial charge in [0, 0.05) is 11.7 Å². The van der Waals surface area contributed by atoms with Crippen LogP contribution in [0.5, 0.6) is 0 Å². The molecule has 0 aliphatic heterocycles. The Morgan fingerprint density at radius 3 is 2.69 bits per heavy atom. The van der Waals surface area contributed by atoms with Crippen molar-refractivity contribution < 1.29 is 0 Å². The van der Waals surface area contributed by atoms with Crippen LogP contribution in [-0.2, 0) is 0 Å². The van der Waals surface area contributed by atoms with Gasteiger partial charge in [-0.25, -0.2) is 4.98 Å². The zero-order valence-electron chi connectivity index (χ0n) is 8.39. The Labute approximate surface area is 78.6 Å². The molecule has 13 heavy (non-hydrogen) atoms. The van der Waals surface area contributed by atoms with Crippen LogP contribution < -0.4 is 5.32 Å². The molecule has 1 aromatic rings. The summed E-state index contributed by atoms with van der Waals surface area (Å²) in [5, 5.41) is 3.43. The fourth-order valence-corrected chi connectivity index (χ4v) is 1.25. The first kappa shape index (κ1) is 8.48. The van der Waals surface area contributed by atoms with E-state index in [0.717, 1.165) is 17.2 Å². The van der Waals surface area contributed by atoms with Gasteiger partial charge in [0.1, 0.15) is 5.82 Å². The zero-order chi connectivity index (χ0) is 9.47. The maximum Gasteiger partial charge on any atom is 0.148 e. The van der Waals surface area contributed by atoms with E-state index >= 15 is 0 Å². The molecule has 0 spiro atoms. The van der Waals surface area contributed by atoms with Crippen LogP contribution in [0.3, 0.4) is 0 Å². The average molecular weight is 177 g/mol. The quantitative estimate of drug-likeness (QED) is 0.751. The van der Waals surface area contributed by atoms with Crippen LogP contribution in [0, 0.1) is 13.8 Å². The van der Waals surface area contributed by atoms with Crippen LogP contribution in [0.25, 0.3) is 0 Å². The predicted molar refractivity (Wildman–Crippen MR) is 52.8 cm³/mol. The number of anilines is 1. The summed E-state index contributed by atoms with van der Waals surface area (Å²) >= 11 is 0. The molecular weight excluding hydrogens is 162 g/mol. The Morgan fingerprint density at radius 1 is 1.38 bits per heavy atom. The molecule has 1 aromatic heterocycles. The minimum absolute atomic E-state index is 0.285. The molecule has 3 nitrogen and oxygen atoms in total. The second-order valence-corrected chi connectivity index (χ2v) is 4.13. The molecule has 0 bridgehead atoms. The molecule has 1 heterocycles. The van der Waals surface area contributed by atoms with Gasteiger partial charge in [-0.1, -0.05) is 0 Å². The van der Waals surface area contributed by atoms with E-state index < -0.39 is 0 Å². The number of aromatic nitrogens is 2. The highest BCUT2D eigenvalue weighted by molar-refractivity contribution is 5.44. The van der Waals surface area contributed by atoms with Crippen molar-refractivity contribution in [2.45, 2.75) is 39.2 Å². The summed E-state index contributed by atoms with van der Waals surface area (Å²) < 4.78 is 0. The van der Waals surface area contributed by atoms with E-state index in [4.69, 9.17) is 0 Å². The van der Waals surface area contributed by atoms with Crippen LogP contribution in [0.15, 0.2) is 6.20 Å². The Balaban J connectivity index is 2.23. The molecule has 1 aliphatic rings. The smallest absolute Gasteiger partial charge is 0.148 e. The second kappa shape index (κ2) is 2.69. The number of aryl methyl sites for hydroxylation is 2. The summed E-state index contributed by atoms with van der Waals surface area (Å²) in [4.78, 5) is 8.69. The van der Waals surface area contributed by atoms with Gasteiger partial charge in [-0.15, -0.1) is 0 Å². The van der Waals surface area contributed by atoms with Crippen molar-refractivity contribution >= 4 is 5.82 Å². The van der Waals surface area contributed by atoms with E-state index in [-0.39, 0.29) is 5.54 Å². The molecular formula is C10H15N3. The minimum Gasteiger partial charge on any atom is -0.363 e. The van der Waals surface area contributed by atoms with Gasteiger partial charge < -0.3 is 5.32 Å². The number of nitrogens with zero attached hydrogens (tertiary/aromatic N) is 2. The third kappa shape index (κ3) is 1.79.